The fourth-order valence-corrected chi connectivity index (χ4v) is 0.761. The second-order valence-electron chi connectivity index (χ2n) is 1.34. The van der Waals surface area contributed by atoms with E-state index in [1.54, 1.807) is 11.8 Å². The molecule has 0 heterocycles. The van der Waals surface area contributed by atoms with E-state index >= 15 is 0 Å². The molecule has 0 spiro atoms. The summed E-state index contributed by atoms with van der Waals surface area (Å²) in [6, 6.07) is 0. The van der Waals surface area contributed by atoms with Crippen LogP contribution in [0.2, 0.25) is 0 Å². The van der Waals surface area contributed by atoms with Crippen LogP contribution in [0.15, 0.2) is 17.8 Å². The summed E-state index contributed by atoms with van der Waals surface area (Å²) in [5.74, 6) is 0.860. The summed E-state index contributed by atoms with van der Waals surface area (Å²) in [7, 11) is 3.11. The summed E-state index contributed by atoms with van der Waals surface area (Å²) >= 11 is 1.57. The van der Waals surface area contributed by atoms with Crippen molar-refractivity contribution in [2.45, 2.75) is 6.92 Å². The molecule has 0 unspecified atom stereocenters. The van der Waals surface area contributed by atoms with Crippen molar-refractivity contribution in [1.29, 1.82) is 0 Å². The predicted octanol–water partition coefficient (Wildman–Crippen LogP) is 2.05. The zero-order valence-corrected chi connectivity index (χ0v) is 6.28. The Labute approximate surface area is 60.0 Å². The second kappa shape index (κ2) is 5.69. The first-order chi connectivity index (χ1) is 4.31. The molecule has 51 valence electrons. The topological polar surface area (TPSA) is 21.6 Å². The average Bonchev–Trinajstić information content (AvgIpc) is 1.85. The molecule has 0 aliphatic heterocycles. The largest absolute Gasteiger partial charge is 0.391 e. The first-order valence-electron chi connectivity index (χ1n) is 2.50. The molecule has 0 N–H and O–H groups in total. The summed E-state index contributed by atoms with van der Waals surface area (Å²) in [5.41, 5.74) is 0. The zero-order chi connectivity index (χ0) is 7.11. The highest BCUT2D eigenvalue weighted by atomic mass is 32.2. The number of hydrogen-bond acceptors (Lipinski definition) is 3. The highest BCUT2D eigenvalue weighted by molar-refractivity contribution is 8.13. The third-order valence-electron chi connectivity index (χ3n) is 0.603. The molecule has 0 rings (SSSR count). The Morgan fingerprint density at radius 3 is 3.00 bits per heavy atom. The van der Waals surface area contributed by atoms with Gasteiger partial charge in [0, 0.05) is 5.75 Å². The minimum atomic E-state index is 0.860. The van der Waals surface area contributed by atoms with E-state index in [4.69, 9.17) is 0 Å². The molecule has 3 heteroatoms. The lowest BCUT2D eigenvalue weighted by Crippen LogP contribution is -1.84. The summed E-state index contributed by atoms with van der Waals surface area (Å²) in [6.45, 7) is 5.42. The summed E-state index contributed by atoms with van der Waals surface area (Å²) < 4.78 is 0. The molecule has 0 aromatic rings. The molecule has 0 saturated carbocycles. The zero-order valence-electron chi connectivity index (χ0n) is 5.46. The molecular weight excluding hydrogens is 134 g/mol. The standard InChI is InChI=1S/C6H10NOS/c1-4-5-9-6(2)7-8-3/h4H,1,3,5H2,2H3/b7-6+. The van der Waals surface area contributed by atoms with Gasteiger partial charge in [-0.3, -0.25) is 0 Å². The van der Waals surface area contributed by atoms with Crippen molar-refractivity contribution in [1.82, 2.24) is 0 Å². The summed E-state index contributed by atoms with van der Waals surface area (Å²) in [6.07, 6.45) is 1.81. The van der Waals surface area contributed by atoms with Crippen LogP contribution in [-0.2, 0) is 4.84 Å². The van der Waals surface area contributed by atoms with E-state index < -0.39 is 0 Å². The van der Waals surface area contributed by atoms with Gasteiger partial charge in [0.2, 0.25) is 0 Å². The van der Waals surface area contributed by atoms with Gasteiger partial charge in [0.1, 0.15) is 5.04 Å². The van der Waals surface area contributed by atoms with Gasteiger partial charge in [-0.1, -0.05) is 11.2 Å². The quantitative estimate of drug-likeness (QED) is 0.262. The highest BCUT2D eigenvalue weighted by Crippen LogP contribution is 2.02. The van der Waals surface area contributed by atoms with Crippen LogP contribution < -0.4 is 0 Å². The van der Waals surface area contributed by atoms with Crippen LogP contribution in [0.3, 0.4) is 0 Å². The molecule has 0 aliphatic carbocycles. The van der Waals surface area contributed by atoms with E-state index in [1.807, 2.05) is 13.0 Å². The number of hydrogen-bond donors (Lipinski definition) is 0. The molecule has 0 fully saturated rings. The van der Waals surface area contributed by atoms with Crippen LogP contribution in [0, 0.1) is 7.11 Å². The Balaban J connectivity index is 3.36. The van der Waals surface area contributed by atoms with Gasteiger partial charge in [-0.25, -0.2) is 0 Å². The van der Waals surface area contributed by atoms with Crippen molar-refractivity contribution in [3.63, 3.8) is 0 Å². The SMILES string of the molecule is [CH2]O/N=C(\C)SCC=C. The first-order valence-corrected chi connectivity index (χ1v) is 3.49. The maximum Gasteiger partial charge on any atom is 0.153 e. The normalized spacial score (nSPS) is 11.1. The number of thioether (sulfide) groups is 1. The van der Waals surface area contributed by atoms with Crippen LogP contribution in [0.5, 0.6) is 0 Å². The Morgan fingerprint density at radius 2 is 2.56 bits per heavy atom. The van der Waals surface area contributed by atoms with Gasteiger partial charge in [-0.05, 0) is 6.92 Å². The van der Waals surface area contributed by atoms with Gasteiger partial charge in [0.05, 0.1) is 0 Å². The number of nitrogens with zero attached hydrogens (tertiary/aromatic N) is 1. The Bertz CT molecular complexity index is 112. The van der Waals surface area contributed by atoms with Crippen molar-refractivity contribution in [3.8, 4) is 0 Å². The fourth-order valence-electron chi connectivity index (χ4n) is 0.297. The molecule has 2 nitrogen and oxygen atoms in total. The van der Waals surface area contributed by atoms with Gasteiger partial charge in [-0.2, -0.15) is 0 Å². The number of rotatable bonds is 3. The molecule has 1 radical (unpaired) electrons. The lowest BCUT2D eigenvalue weighted by atomic mass is 10.8. The van der Waals surface area contributed by atoms with E-state index in [1.165, 1.54) is 0 Å². The predicted molar refractivity (Wildman–Crippen MR) is 42.2 cm³/mol. The first kappa shape index (κ1) is 8.56. The minimum absolute atomic E-state index is 0.860. The molecule has 0 aromatic heterocycles. The van der Waals surface area contributed by atoms with Crippen molar-refractivity contribution < 1.29 is 4.84 Å². The third kappa shape index (κ3) is 5.43. The van der Waals surface area contributed by atoms with Gasteiger partial charge in [-0.15, -0.1) is 18.3 Å². The molecule has 0 amide bonds. The lowest BCUT2D eigenvalue weighted by molar-refractivity contribution is 0.261. The summed E-state index contributed by atoms with van der Waals surface area (Å²) in [4.78, 5) is 4.28. The summed E-state index contributed by atoms with van der Waals surface area (Å²) in [5, 5.41) is 4.45. The maximum atomic E-state index is 4.28. The maximum absolute atomic E-state index is 4.28. The van der Waals surface area contributed by atoms with Crippen LogP contribution in [0.25, 0.3) is 0 Å². The Hall–Kier alpha value is -0.440. The van der Waals surface area contributed by atoms with E-state index in [2.05, 4.69) is 23.7 Å². The number of oxime groups is 1. The van der Waals surface area contributed by atoms with E-state index in [0.29, 0.717) is 0 Å². The lowest BCUT2D eigenvalue weighted by Gasteiger charge is -1.92. The molecule has 9 heavy (non-hydrogen) atoms. The van der Waals surface area contributed by atoms with Crippen molar-refractivity contribution in [3.05, 3.63) is 19.8 Å². The molecule has 0 atom stereocenters. The van der Waals surface area contributed by atoms with Crippen LogP contribution in [0.4, 0.5) is 0 Å². The monoisotopic (exact) mass is 144 g/mol. The van der Waals surface area contributed by atoms with Gasteiger partial charge < -0.3 is 4.84 Å². The van der Waals surface area contributed by atoms with Gasteiger partial charge >= 0.3 is 0 Å². The Kier molecular flexibility index (Phi) is 5.41. The molecule has 0 bridgehead atoms. The average molecular weight is 144 g/mol. The Morgan fingerprint density at radius 1 is 1.89 bits per heavy atom. The third-order valence-corrected chi connectivity index (χ3v) is 1.50. The second-order valence-corrected chi connectivity index (χ2v) is 2.55. The smallest absolute Gasteiger partial charge is 0.153 e. The molecule has 0 aliphatic rings. The van der Waals surface area contributed by atoms with Crippen LogP contribution in [-0.4, -0.2) is 10.8 Å². The fraction of sp³-hybridized carbons (Fsp3) is 0.333. The van der Waals surface area contributed by atoms with Crippen LogP contribution >= 0.6 is 11.8 Å². The van der Waals surface area contributed by atoms with Gasteiger partial charge in [0.15, 0.2) is 7.11 Å². The van der Waals surface area contributed by atoms with Crippen molar-refractivity contribution in [2.24, 2.45) is 5.16 Å². The van der Waals surface area contributed by atoms with E-state index in [0.717, 1.165) is 10.8 Å². The molecular formula is C6H10NOS. The highest BCUT2D eigenvalue weighted by Gasteiger charge is 1.87. The van der Waals surface area contributed by atoms with E-state index in [9.17, 15) is 0 Å². The minimum Gasteiger partial charge on any atom is -0.391 e. The van der Waals surface area contributed by atoms with Crippen LogP contribution in [0.1, 0.15) is 6.92 Å². The van der Waals surface area contributed by atoms with Crippen molar-refractivity contribution >= 4 is 16.8 Å². The van der Waals surface area contributed by atoms with E-state index in [-0.39, 0.29) is 0 Å². The molecule has 0 aromatic carbocycles. The van der Waals surface area contributed by atoms with Crippen molar-refractivity contribution in [2.75, 3.05) is 5.75 Å². The molecule has 0 saturated heterocycles. The van der Waals surface area contributed by atoms with Gasteiger partial charge in [0.25, 0.3) is 0 Å².